The first-order valence-electron chi connectivity index (χ1n) is 7.83. The van der Waals surface area contributed by atoms with E-state index in [1.165, 1.54) is 25.9 Å². The number of hydrogen-bond acceptors (Lipinski definition) is 3. The van der Waals surface area contributed by atoms with Crippen molar-refractivity contribution in [3.63, 3.8) is 0 Å². The van der Waals surface area contributed by atoms with Crippen molar-refractivity contribution in [3.8, 4) is 11.5 Å². The molecule has 4 nitrogen and oxygen atoms in total. The molecule has 116 valence electrons. The van der Waals surface area contributed by atoms with Gasteiger partial charge in [0.15, 0.2) is 17.8 Å². The summed E-state index contributed by atoms with van der Waals surface area (Å²) < 4.78 is 11.1. The Balaban J connectivity index is 1.82. The number of carbonyl (C=O) groups is 1. The summed E-state index contributed by atoms with van der Waals surface area (Å²) in [6, 6.07) is 5.37. The molecule has 1 N–H and O–H groups in total. The van der Waals surface area contributed by atoms with Crippen molar-refractivity contribution in [2.75, 3.05) is 33.4 Å². The predicted octanol–water partition coefficient (Wildman–Crippen LogP) is 1.59. The van der Waals surface area contributed by atoms with E-state index in [2.05, 4.69) is 6.92 Å². The first-order chi connectivity index (χ1) is 10.2. The number of quaternary nitrogens is 1. The van der Waals surface area contributed by atoms with Gasteiger partial charge < -0.3 is 14.4 Å². The van der Waals surface area contributed by atoms with E-state index in [1.807, 2.05) is 6.07 Å². The third-order valence-corrected chi connectivity index (χ3v) is 4.14. The number of ether oxygens (including phenoxy) is 2. The zero-order chi connectivity index (χ0) is 15.1. The summed E-state index contributed by atoms with van der Waals surface area (Å²) in [5.74, 6) is 2.03. The average molecular weight is 292 g/mol. The van der Waals surface area contributed by atoms with Crippen molar-refractivity contribution in [1.29, 1.82) is 0 Å². The van der Waals surface area contributed by atoms with Crippen LogP contribution in [0.4, 0.5) is 0 Å². The number of benzene rings is 1. The molecule has 0 bridgehead atoms. The fourth-order valence-corrected chi connectivity index (χ4v) is 3.06. The van der Waals surface area contributed by atoms with Gasteiger partial charge in [-0.2, -0.15) is 0 Å². The van der Waals surface area contributed by atoms with Crippen LogP contribution in [0.2, 0.25) is 0 Å². The molecule has 0 amide bonds. The summed E-state index contributed by atoms with van der Waals surface area (Å²) in [7, 11) is 1.59. The lowest BCUT2D eigenvalue weighted by atomic mass is 10.0. The van der Waals surface area contributed by atoms with Crippen LogP contribution in [0.1, 0.15) is 36.5 Å². The van der Waals surface area contributed by atoms with Crippen LogP contribution < -0.4 is 14.4 Å². The summed E-state index contributed by atoms with van der Waals surface area (Å²) in [4.78, 5) is 12.7. The third kappa shape index (κ3) is 4.46. The predicted molar refractivity (Wildman–Crippen MR) is 82.5 cm³/mol. The third-order valence-electron chi connectivity index (χ3n) is 4.14. The van der Waals surface area contributed by atoms with E-state index < -0.39 is 0 Å². The van der Waals surface area contributed by atoms with Crippen LogP contribution in [0.15, 0.2) is 18.2 Å². The number of hydrogen-bond donors (Lipinski definition) is 1. The van der Waals surface area contributed by atoms with Crippen LogP contribution in [0.25, 0.3) is 0 Å². The molecule has 1 fully saturated rings. The molecule has 1 saturated heterocycles. The molecule has 0 radical (unpaired) electrons. The van der Waals surface area contributed by atoms with Crippen LogP contribution in [0.3, 0.4) is 0 Å². The van der Waals surface area contributed by atoms with Crippen molar-refractivity contribution in [1.82, 2.24) is 0 Å². The van der Waals surface area contributed by atoms with Gasteiger partial charge in [0.2, 0.25) is 0 Å². The van der Waals surface area contributed by atoms with Crippen molar-refractivity contribution in [2.45, 2.75) is 26.2 Å². The maximum atomic E-state index is 11.1. The molecule has 0 spiro atoms. The largest absolute Gasteiger partial charge is 0.493 e. The summed E-state index contributed by atoms with van der Waals surface area (Å²) >= 11 is 0. The second-order valence-corrected chi connectivity index (χ2v) is 5.90. The molecule has 21 heavy (non-hydrogen) atoms. The Hall–Kier alpha value is -1.55. The molecule has 1 unspecified atom stereocenters. The molecule has 0 aromatic heterocycles. The number of carbonyl (C=O) groups excluding carboxylic acids is 1. The minimum atomic E-state index is 0.549. The lowest BCUT2D eigenvalue weighted by Crippen LogP contribution is -3.13. The van der Waals surface area contributed by atoms with Gasteiger partial charge in [-0.15, -0.1) is 0 Å². The SMILES string of the molecule is COc1cccc(C=O)c1OCCC[NH+]1CCC[C@H](C)C1. The van der Waals surface area contributed by atoms with Crippen molar-refractivity contribution >= 4 is 6.29 Å². The highest BCUT2D eigenvalue weighted by molar-refractivity contribution is 5.81. The minimum absolute atomic E-state index is 0.549. The number of aldehydes is 1. The Bertz CT molecular complexity index is 461. The first-order valence-corrected chi connectivity index (χ1v) is 7.83. The molecular formula is C17H26NO3+. The topological polar surface area (TPSA) is 40.0 Å². The zero-order valence-electron chi connectivity index (χ0n) is 13.1. The van der Waals surface area contributed by atoms with Gasteiger partial charge in [0.05, 0.1) is 38.9 Å². The summed E-state index contributed by atoms with van der Waals surface area (Å²) in [6.07, 6.45) is 4.51. The molecule has 0 saturated carbocycles. The van der Waals surface area contributed by atoms with E-state index in [1.54, 1.807) is 24.1 Å². The van der Waals surface area contributed by atoms with Gasteiger partial charge in [0.1, 0.15) is 0 Å². The van der Waals surface area contributed by atoms with E-state index in [9.17, 15) is 4.79 Å². The molecule has 1 aliphatic rings. The second-order valence-electron chi connectivity index (χ2n) is 5.90. The van der Waals surface area contributed by atoms with Crippen molar-refractivity contribution in [3.05, 3.63) is 23.8 Å². The van der Waals surface area contributed by atoms with Gasteiger partial charge in [0.25, 0.3) is 0 Å². The van der Waals surface area contributed by atoms with Gasteiger partial charge in [0, 0.05) is 12.3 Å². The molecule has 1 aliphatic heterocycles. The van der Waals surface area contributed by atoms with Gasteiger partial charge in [-0.1, -0.05) is 13.0 Å². The Labute approximate surface area is 127 Å². The monoisotopic (exact) mass is 292 g/mol. The fourth-order valence-electron chi connectivity index (χ4n) is 3.06. The summed E-state index contributed by atoms with van der Waals surface area (Å²) in [5, 5.41) is 0. The van der Waals surface area contributed by atoms with Crippen molar-refractivity contribution < 1.29 is 19.2 Å². The second kappa shape index (κ2) is 8.03. The molecule has 0 aliphatic carbocycles. The van der Waals surface area contributed by atoms with Crippen LogP contribution >= 0.6 is 0 Å². The first kappa shape index (κ1) is 15.8. The fraction of sp³-hybridized carbons (Fsp3) is 0.588. The van der Waals surface area contributed by atoms with E-state index in [-0.39, 0.29) is 0 Å². The number of nitrogens with one attached hydrogen (secondary N) is 1. The van der Waals surface area contributed by atoms with E-state index in [0.717, 1.165) is 25.2 Å². The Morgan fingerprint density at radius 2 is 2.29 bits per heavy atom. The standard InChI is InChI=1S/C17H25NO3/c1-14-6-4-9-18(12-14)10-5-11-21-17-15(13-19)7-3-8-16(17)20-2/h3,7-8,13-14H,4-6,9-12H2,1-2H3/p+1/t14-/m0/s1. The normalized spacial score (nSPS) is 21.8. The van der Waals surface area contributed by atoms with Crippen LogP contribution in [0, 0.1) is 5.92 Å². The van der Waals surface area contributed by atoms with Gasteiger partial charge in [-0.3, -0.25) is 4.79 Å². The smallest absolute Gasteiger partial charge is 0.171 e. The molecule has 4 heteroatoms. The maximum Gasteiger partial charge on any atom is 0.171 e. The summed E-state index contributed by atoms with van der Waals surface area (Å²) in [6.45, 7) is 6.64. The number of para-hydroxylation sites is 1. The van der Waals surface area contributed by atoms with Gasteiger partial charge in [-0.05, 0) is 25.0 Å². The minimum Gasteiger partial charge on any atom is -0.493 e. The highest BCUT2D eigenvalue weighted by Gasteiger charge is 2.19. The number of likely N-dealkylation sites (tertiary alicyclic amines) is 1. The molecule has 1 heterocycles. The lowest BCUT2D eigenvalue weighted by molar-refractivity contribution is -0.908. The van der Waals surface area contributed by atoms with Gasteiger partial charge in [-0.25, -0.2) is 0 Å². The Kier molecular flexibility index (Phi) is 6.05. The highest BCUT2D eigenvalue weighted by Crippen LogP contribution is 2.29. The van der Waals surface area contributed by atoms with Crippen molar-refractivity contribution in [2.24, 2.45) is 5.92 Å². The van der Waals surface area contributed by atoms with Gasteiger partial charge >= 0.3 is 0 Å². The molecule has 2 rings (SSSR count). The Morgan fingerprint density at radius 3 is 3.00 bits per heavy atom. The van der Waals surface area contributed by atoms with Crippen LogP contribution in [-0.2, 0) is 0 Å². The summed E-state index contributed by atoms with van der Waals surface area (Å²) in [5.41, 5.74) is 0.549. The molecule has 2 atom stereocenters. The zero-order valence-corrected chi connectivity index (χ0v) is 13.1. The molecular weight excluding hydrogens is 266 g/mol. The van der Waals surface area contributed by atoms with Crippen LogP contribution in [0.5, 0.6) is 11.5 Å². The number of piperidine rings is 1. The van der Waals surface area contributed by atoms with Crippen LogP contribution in [-0.4, -0.2) is 39.6 Å². The lowest BCUT2D eigenvalue weighted by Gasteiger charge is -2.27. The number of methoxy groups -OCH3 is 1. The van der Waals surface area contributed by atoms with E-state index in [4.69, 9.17) is 9.47 Å². The quantitative estimate of drug-likeness (QED) is 0.613. The highest BCUT2D eigenvalue weighted by atomic mass is 16.5. The van der Waals surface area contributed by atoms with E-state index in [0.29, 0.717) is 23.7 Å². The molecule has 1 aromatic rings. The van der Waals surface area contributed by atoms with E-state index >= 15 is 0 Å². The number of rotatable bonds is 7. The average Bonchev–Trinajstić information content (AvgIpc) is 2.51. The Morgan fingerprint density at radius 1 is 1.43 bits per heavy atom. The molecule has 1 aromatic carbocycles. The maximum absolute atomic E-state index is 11.1.